The first kappa shape index (κ1) is 23.9. The molecule has 7 nitrogen and oxygen atoms in total. The molecule has 2 amide bonds. The van der Waals surface area contributed by atoms with Crippen LogP contribution in [-0.2, 0) is 14.0 Å². The molecule has 0 saturated carbocycles. The summed E-state index contributed by atoms with van der Waals surface area (Å²) in [5.74, 6) is -0.122. The molecule has 2 saturated heterocycles. The number of carbonyl (C=O) groups excluding carboxylic acids is 2. The maximum atomic E-state index is 13.1. The summed E-state index contributed by atoms with van der Waals surface area (Å²) in [6.45, 7) is 14.3. The minimum absolute atomic E-state index is 0.122. The minimum Gasteiger partial charge on any atom is -0.444 e. The van der Waals surface area contributed by atoms with E-state index in [1.165, 1.54) is 0 Å². The van der Waals surface area contributed by atoms with Crippen LogP contribution in [0.1, 0.15) is 65.2 Å². The highest BCUT2D eigenvalue weighted by Gasteiger charge is 2.52. The maximum Gasteiger partial charge on any atom is 0.496 e. The lowest BCUT2D eigenvalue weighted by Gasteiger charge is -2.32. The lowest BCUT2D eigenvalue weighted by Crippen LogP contribution is -2.41. The molecule has 1 atom stereocenters. The zero-order valence-corrected chi connectivity index (χ0v) is 20.1. The zero-order chi connectivity index (χ0) is 23.2. The van der Waals surface area contributed by atoms with Crippen molar-refractivity contribution in [1.29, 1.82) is 0 Å². The average Bonchev–Trinajstić information content (AvgIpc) is 3.14. The monoisotopic (exact) mass is 450 g/mol. The van der Waals surface area contributed by atoms with Gasteiger partial charge in [0.15, 0.2) is 0 Å². The van der Waals surface area contributed by atoms with Crippen LogP contribution >= 0.6 is 11.6 Å². The summed E-state index contributed by atoms with van der Waals surface area (Å²) >= 11 is 6.41. The third-order valence-corrected chi connectivity index (χ3v) is 6.29. The molecule has 170 valence electrons. The Bertz CT molecular complexity index is 852. The zero-order valence-electron chi connectivity index (χ0n) is 19.4. The normalized spacial score (nSPS) is 22.5. The van der Waals surface area contributed by atoms with Gasteiger partial charge in [0, 0.05) is 29.1 Å². The van der Waals surface area contributed by atoms with Crippen LogP contribution in [0, 0.1) is 0 Å². The van der Waals surface area contributed by atoms with Crippen LogP contribution in [0.15, 0.2) is 18.2 Å². The summed E-state index contributed by atoms with van der Waals surface area (Å²) in [5.41, 5.74) is -0.431. The smallest absolute Gasteiger partial charge is 0.444 e. The summed E-state index contributed by atoms with van der Waals surface area (Å²) < 4.78 is 17.5. The fourth-order valence-electron chi connectivity index (χ4n) is 3.55. The molecule has 0 spiro atoms. The number of likely N-dealkylation sites (tertiary alicyclic amines) is 1. The summed E-state index contributed by atoms with van der Waals surface area (Å²) in [5, 5.41) is 3.33. The van der Waals surface area contributed by atoms with Crippen molar-refractivity contribution in [3.05, 3.63) is 28.8 Å². The number of rotatable bonds is 3. The van der Waals surface area contributed by atoms with Crippen molar-refractivity contribution in [2.45, 2.75) is 77.7 Å². The van der Waals surface area contributed by atoms with Crippen LogP contribution < -0.4 is 10.8 Å². The second kappa shape index (κ2) is 8.30. The Morgan fingerprint density at radius 1 is 1.19 bits per heavy atom. The number of halogens is 1. The summed E-state index contributed by atoms with van der Waals surface area (Å²) in [4.78, 5) is 26.8. The Morgan fingerprint density at radius 3 is 2.39 bits per heavy atom. The Morgan fingerprint density at radius 2 is 1.81 bits per heavy atom. The molecule has 1 aromatic carbocycles. The van der Waals surface area contributed by atoms with Gasteiger partial charge in [-0.25, -0.2) is 4.79 Å². The third-order valence-electron chi connectivity index (χ3n) is 5.95. The van der Waals surface area contributed by atoms with E-state index in [-0.39, 0.29) is 11.9 Å². The molecule has 2 aliphatic heterocycles. The molecule has 2 heterocycles. The lowest BCUT2D eigenvalue weighted by atomic mass is 9.78. The highest BCUT2D eigenvalue weighted by Crippen LogP contribution is 2.37. The van der Waals surface area contributed by atoms with Gasteiger partial charge in [-0.15, -0.1) is 0 Å². The van der Waals surface area contributed by atoms with Crippen molar-refractivity contribution in [3.8, 4) is 0 Å². The van der Waals surface area contributed by atoms with E-state index in [9.17, 15) is 9.59 Å². The van der Waals surface area contributed by atoms with Crippen molar-refractivity contribution in [2.24, 2.45) is 0 Å². The van der Waals surface area contributed by atoms with Crippen LogP contribution in [0.25, 0.3) is 0 Å². The van der Waals surface area contributed by atoms with Gasteiger partial charge >= 0.3 is 13.2 Å². The number of hydrogen-bond donors (Lipinski definition) is 1. The highest BCUT2D eigenvalue weighted by molar-refractivity contribution is 6.65. The molecule has 0 radical (unpaired) electrons. The van der Waals surface area contributed by atoms with E-state index >= 15 is 0 Å². The molecular formula is C22H32BClN2O5. The Balaban J connectivity index is 1.68. The van der Waals surface area contributed by atoms with E-state index in [0.717, 1.165) is 0 Å². The van der Waals surface area contributed by atoms with E-state index in [1.54, 1.807) is 23.1 Å². The second-order valence-electron chi connectivity index (χ2n) is 10.2. The van der Waals surface area contributed by atoms with Gasteiger partial charge in [0.1, 0.15) is 5.60 Å². The van der Waals surface area contributed by atoms with Crippen LogP contribution in [0.5, 0.6) is 0 Å². The number of hydrogen-bond acceptors (Lipinski definition) is 5. The average molecular weight is 451 g/mol. The molecule has 2 fully saturated rings. The van der Waals surface area contributed by atoms with Crippen molar-refractivity contribution in [1.82, 2.24) is 10.2 Å². The molecule has 0 bridgehead atoms. The third kappa shape index (κ3) is 5.36. The number of nitrogens with zero attached hydrogens (tertiary/aromatic N) is 1. The van der Waals surface area contributed by atoms with Gasteiger partial charge in [-0.2, -0.15) is 0 Å². The van der Waals surface area contributed by atoms with Crippen molar-refractivity contribution in [2.75, 3.05) is 13.1 Å². The fraction of sp³-hybridized carbons (Fsp3) is 0.636. The van der Waals surface area contributed by atoms with Crippen molar-refractivity contribution in [3.63, 3.8) is 0 Å². The fourth-order valence-corrected chi connectivity index (χ4v) is 3.75. The van der Waals surface area contributed by atoms with Gasteiger partial charge in [-0.05, 0) is 73.1 Å². The van der Waals surface area contributed by atoms with Gasteiger partial charge in [-0.1, -0.05) is 11.6 Å². The molecular weight excluding hydrogens is 419 g/mol. The first-order valence-electron chi connectivity index (χ1n) is 10.6. The quantitative estimate of drug-likeness (QED) is 0.714. The van der Waals surface area contributed by atoms with Gasteiger partial charge in [-0.3, -0.25) is 4.79 Å². The van der Waals surface area contributed by atoms with Gasteiger partial charge in [0.05, 0.1) is 17.2 Å². The predicted molar refractivity (Wildman–Crippen MR) is 121 cm³/mol. The first-order valence-corrected chi connectivity index (χ1v) is 11.0. The molecule has 1 aromatic rings. The highest BCUT2D eigenvalue weighted by atomic mass is 35.5. The molecule has 0 aliphatic carbocycles. The van der Waals surface area contributed by atoms with Crippen molar-refractivity contribution < 1.29 is 23.6 Å². The largest absolute Gasteiger partial charge is 0.496 e. The van der Waals surface area contributed by atoms with Crippen LogP contribution in [-0.4, -0.2) is 60.0 Å². The second-order valence-corrected chi connectivity index (χ2v) is 10.6. The molecule has 0 unspecified atom stereocenters. The van der Waals surface area contributed by atoms with Crippen molar-refractivity contribution >= 4 is 36.2 Å². The van der Waals surface area contributed by atoms with E-state index in [4.69, 9.17) is 25.6 Å². The molecule has 31 heavy (non-hydrogen) atoms. The topological polar surface area (TPSA) is 77.1 Å². The van der Waals surface area contributed by atoms with Gasteiger partial charge in [0.2, 0.25) is 0 Å². The minimum atomic E-state index is -0.648. The summed E-state index contributed by atoms with van der Waals surface area (Å²) in [7, 11) is -0.648. The standard InChI is InChI=1S/C22H32BClN2O5/c1-20(2,3)29-19(28)25-15-10-11-26(13-15)18(27)14-8-9-17(24)16(12-14)23-30-21(4,5)22(6,7)31-23/h8-9,12,15H,10-11,13H2,1-7H3,(H,25,28)/t15-/m0/s1. The number of nitrogens with one attached hydrogen (secondary N) is 1. The van der Waals surface area contributed by atoms with Crippen LogP contribution in [0.2, 0.25) is 5.02 Å². The Labute approximate surface area is 189 Å². The van der Waals surface area contributed by atoms with Crippen LogP contribution in [0.4, 0.5) is 4.79 Å². The van der Waals surface area contributed by atoms with Gasteiger partial charge < -0.3 is 24.3 Å². The van der Waals surface area contributed by atoms with E-state index < -0.39 is 30.0 Å². The van der Waals surface area contributed by atoms with E-state index in [0.29, 0.717) is 35.6 Å². The Hall–Kier alpha value is -1.77. The molecule has 3 rings (SSSR count). The molecule has 2 aliphatic rings. The van der Waals surface area contributed by atoms with Gasteiger partial charge in [0.25, 0.3) is 5.91 Å². The number of carbonyl (C=O) groups is 2. The molecule has 0 aromatic heterocycles. The molecule has 9 heteroatoms. The van der Waals surface area contributed by atoms with E-state index in [1.807, 2.05) is 48.5 Å². The first-order chi connectivity index (χ1) is 14.2. The summed E-state index contributed by atoms with van der Waals surface area (Å²) in [6, 6.07) is 4.99. The SMILES string of the molecule is CC(C)(C)OC(=O)N[C@H]1CCN(C(=O)c2ccc(Cl)c(B3OC(C)(C)C(C)(C)O3)c2)C1. The number of amides is 2. The van der Waals surface area contributed by atoms with Crippen LogP contribution in [0.3, 0.4) is 0 Å². The number of benzene rings is 1. The lowest BCUT2D eigenvalue weighted by molar-refractivity contribution is 0.00578. The predicted octanol–water partition coefficient (Wildman–Crippen LogP) is 3.38. The molecule has 1 N–H and O–H groups in total. The number of alkyl carbamates (subject to hydrolysis) is 1. The Kier molecular flexibility index (Phi) is 6.40. The summed E-state index contributed by atoms with van der Waals surface area (Å²) in [6.07, 6.45) is 0.198. The number of ether oxygens (including phenoxy) is 1. The maximum absolute atomic E-state index is 13.1. The van der Waals surface area contributed by atoms with E-state index in [2.05, 4.69) is 5.32 Å².